The lowest BCUT2D eigenvalue weighted by Gasteiger charge is -2.36. The van der Waals surface area contributed by atoms with Gasteiger partial charge < -0.3 is 14.6 Å². The van der Waals surface area contributed by atoms with Gasteiger partial charge in [-0.15, -0.1) is 6.58 Å². The molecule has 0 amide bonds. The molecule has 0 radical (unpaired) electrons. The van der Waals surface area contributed by atoms with Crippen LogP contribution >= 0.6 is 0 Å². The Balaban J connectivity index is 2.31. The Kier molecular flexibility index (Phi) is 4.02. The number of hydrogen-bond donors (Lipinski definition) is 1. The van der Waals surface area contributed by atoms with Crippen LogP contribution in [-0.2, 0) is 14.3 Å². The number of hydrogen-bond acceptors (Lipinski definition) is 4. The first-order valence-corrected chi connectivity index (χ1v) is 7.14. The summed E-state index contributed by atoms with van der Waals surface area (Å²) in [6.45, 7) is 8.09. The molecule has 1 N–H and O–H groups in total. The second-order valence-corrected chi connectivity index (χ2v) is 5.92. The molecule has 1 aliphatic heterocycles. The van der Waals surface area contributed by atoms with E-state index in [1.165, 1.54) is 0 Å². The molecule has 19 heavy (non-hydrogen) atoms. The van der Waals surface area contributed by atoms with Crippen molar-refractivity contribution in [3.63, 3.8) is 0 Å². The quantitative estimate of drug-likeness (QED) is 0.627. The predicted molar refractivity (Wildman–Crippen MR) is 71.3 cm³/mol. The fourth-order valence-corrected chi connectivity index (χ4v) is 3.44. The van der Waals surface area contributed by atoms with Crippen LogP contribution in [-0.4, -0.2) is 30.1 Å². The summed E-state index contributed by atoms with van der Waals surface area (Å²) >= 11 is 0. The highest BCUT2D eigenvalue weighted by molar-refractivity contribution is 5.75. The second-order valence-electron chi connectivity index (χ2n) is 5.92. The van der Waals surface area contributed by atoms with Crippen molar-refractivity contribution in [1.29, 1.82) is 0 Å². The maximum absolute atomic E-state index is 12.3. The summed E-state index contributed by atoms with van der Waals surface area (Å²) in [5, 5.41) is 10.9. The van der Waals surface area contributed by atoms with Crippen LogP contribution in [0.5, 0.6) is 0 Å². The van der Waals surface area contributed by atoms with Crippen LogP contribution in [0.2, 0.25) is 0 Å². The molecule has 2 aliphatic rings. The lowest BCUT2D eigenvalue weighted by Crippen LogP contribution is -2.49. The summed E-state index contributed by atoms with van der Waals surface area (Å²) in [6, 6.07) is 0. The van der Waals surface area contributed by atoms with Gasteiger partial charge in [0.25, 0.3) is 0 Å². The van der Waals surface area contributed by atoms with Gasteiger partial charge >= 0.3 is 5.97 Å². The molecule has 0 aromatic heterocycles. The lowest BCUT2D eigenvalue weighted by molar-refractivity contribution is -0.234. The zero-order valence-corrected chi connectivity index (χ0v) is 11.9. The van der Waals surface area contributed by atoms with Crippen molar-refractivity contribution in [3.05, 3.63) is 12.7 Å². The van der Waals surface area contributed by atoms with Crippen LogP contribution in [0.3, 0.4) is 0 Å². The maximum atomic E-state index is 12.3. The minimum absolute atomic E-state index is 0.0173. The van der Waals surface area contributed by atoms with Gasteiger partial charge in [0.1, 0.15) is 5.92 Å². The van der Waals surface area contributed by atoms with Crippen LogP contribution in [0.25, 0.3) is 0 Å². The van der Waals surface area contributed by atoms with Crippen molar-refractivity contribution in [1.82, 2.24) is 0 Å². The van der Waals surface area contributed by atoms with Crippen LogP contribution in [0.15, 0.2) is 12.7 Å². The number of carbonyl (C=O) groups excluding carboxylic acids is 1. The third-order valence-corrected chi connectivity index (χ3v) is 4.62. The van der Waals surface area contributed by atoms with Gasteiger partial charge in [0.15, 0.2) is 5.79 Å². The Morgan fingerprint density at radius 1 is 1.53 bits per heavy atom. The van der Waals surface area contributed by atoms with Crippen molar-refractivity contribution < 1.29 is 19.4 Å². The maximum Gasteiger partial charge on any atom is 0.315 e. The number of carbonyl (C=O) groups is 1. The van der Waals surface area contributed by atoms with Crippen molar-refractivity contribution in [2.75, 3.05) is 13.2 Å². The molecule has 2 unspecified atom stereocenters. The van der Waals surface area contributed by atoms with Crippen molar-refractivity contribution >= 4 is 5.97 Å². The molecule has 1 aliphatic carbocycles. The van der Waals surface area contributed by atoms with E-state index < -0.39 is 17.1 Å². The predicted octanol–water partition coefficient (Wildman–Crippen LogP) is 2.27. The fourth-order valence-electron chi connectivity index (χ4n) is 3.44. The zero-order chi connectivity index (χ0) is 14.1. The molecule has 0 spiro atoms. The molecule has 108 valence electrons. The molecule has 0 aromatic rings. The first-order chi connectivity index (χ1) is 8.98. The molecule has 2 fully saturated rings. The smallest absolute Gasteiger partial charge is 0.315 e. The van der Waals surface area contributed by atoms with E-state index in [9.17, 15) is 9.90 Å². The molecule has 4 nitrogen and oxygen atoms in total. The highest BCUT2D eigenvalue weighted by atomic mass is 16.6. The molecule has 1 saturated heterocycles. The first-order valence-electron chi connectivity index (χ1n) is 7.14. The first kappa shape index (κ1) is 14.5. The molecule has 0 bridgehead atoms. The molecule has 4 heteroatoms. The van der Waals surface area contributed by atoms with Gasteiger partial charge in [0.2, 0.25) is 0 Å². The highest BCUT2D eigenvalue weighted by Crippen LogP contribution is 2.52. The van der Waals surface area contributed by atoms with Crippen molar-refractivity contribution in [3.8, 4) is 0 Å². The van der Waals surface area contributed by atoms with E-state index in [1.807, 2.05) is 6.92 Å². The second kappa shape index (κ2) is 5.25. The summed E-state index contributed by atoms with van der Waals surface area (Å²) in [6.07, 6.45) is 5.67. The highest BCUT2D eigenvalue weighted by Gasteiger charge is 2.62. The number of aliphatic hydroxyl groups is 1. The molecule has 1 heterocycles. The third kappa shape index (κ3) is 2.32. The van der Waals surface area contributed by atoms with E-state index in [2.05, 4.69) is 6.58 Å². The van der Waals surface area contributed by atoms with Gasteiger partial charge in [0.05, 0.1) is 13.2 Å². The van der Waals surface area contributed by atoms with Crippen molar-refractivity contribution in [2.24, 2.45) is 17.3 Å². The van der Waals surface area contributed by atoms with Crippen LogP contribution in [0.1, 0.15) is 39.5 Å². The average molecular weight is 268 g/mol. The van der Waals surface area contributed by atoms with Gasteiger partial charge in [-0.05, 0) is 19.8 Å². The zero-order valence-electron chi connectivity index (χ0n) is 11.9. The minimum atomic E-state index is -1.40. The third-order valence-electron chi connectivity index (χ3n) is 4.62. The Labute approximate surface area is 114 Å². The van der Waals surface area contributed by atoms with E-state index in [0.29, 0.717) is 13.2 Å². The van der Waals surface area contributed by atoms with Gasteiger partial charge in [0, 0.05) is 11.3 Å². The molecule has 0 aromatic carbocycles. The molecule has 3 atom stereocenters. The van der Waals surface area contributed by atoms with Crippen LogP contribution in [0.4, 0.5) is 0 Å². The Hall–Kier alpha value is -0.870. The Bertz CT molecular complexity index is 361. The average Bonchev–Trinajstić information content (AvgIpc) is 2.98. The van der Waals surface area contributed by atoms with Gasteiger partial charge in [-0.25, -0.2) is 0 Å². The molecular formula is C15H24O4. The van der Waals surface area contributed by atoms with Gasteiger partial charge in [-0.3, -0.25) is 4.79 Å². The van der Waals surface area contributed by atoms with Gasteiger partial charge in [-0.2, -0.15) is 0 Å². The topological polar surface area (TPSA) is 55.8 Å². The molecule has 1 saturated carbocycles. The summed E-state index contributed by atoms with van der Waals surface area (Å²) in [7, 11) is 0. The fraction of sp³-hybridized carbons (Fsp3) is 0.800. The summed E-state index contributed by atoms with van der Waals surface area (Å²) in [5.74, 6) is -2.44. The van der Waals surface area contributed by atoms with Crippen LogP contribution < -0.4 is 0 Å². The summed E-state index contributed by atoms with van der Waals surface area (Å²) < 4.78 is 10.8. The number of rotatable bonds is 4. The van der Waals surface area contributed by atoms with Crippen LogP contribution in [0, 0.1) is 17.3 Å². The number of esters is 1. The largest absolute Gasteiger partial charge is 0.466 e. The number of ether oxygens (including phenoxy) is 2. The van der Waals surface area contributed by atoms with E-state index in [1.54, 1.807) is 13.0 Å². The minimum Gasteiger partial charge on any atom is -0.466 e. The normalized spacial score (nSPS) is 39.4. The Morgan fingerprint density at radius 3 is 2.68 bits per heavy atom. The van der Waals surface area contributed by atoms with E-state index in [4.69, 9.17) is 9.47 Å². The molecular weight excluding hydrogens is 244 g/mol. The van der Waals surface area contributed by atoms with E-state index in [-0.39, 0.29) is 11.9 Å². The standard InChI is InChI=1S/C15H24O4/c1-4-14(3)10-19-15(17,11-8-6-7-9-11)12(14)13(16)18-5-2/h4,11-12,17H,1,5-10H2,2-3H3/t12?,14-,15?/m1/s1. The van der Waals surface area contributed by atoms with E-state index in [0.717, 1.165) is 25.7 Å². The lowest BCUT2D eigenvalue weighted by atomic mass is 9.72. The molecule has 2 rings (SSSR count). The van der Waals surface area contributed by atoms with Crippen molar-refractivity contribution in [2.45, 2.75) is 45.3 Å². The SMILES string of the molecule is C=C[C@]1(C)COC(O)(C2CCCC2)C1C(=O)OCC. The summed E-state index contributed by atoms with van der Waals surface area (Å²) in [4.78, 5) is 12.3. The monoisotopic (exact) mass is 268 g/mol. The van der Waals surface area contributed by atoms with Gasteiger partial charge in [-0.1, -0.05) is 25.8 Å². The summed E-state index contributed by atoms with van der Waals surface area (Å²) in [5.41, 5.74) is -0.566. The Morgan fingerprint density at radius 2 is 2.16 bits per heavy atom. The van der Waals surface area contributed by atoms with E-state index >= 15 is 0 Å².